The zero-order valence-electron chi connectivity index (χ0n) is 14.6. The Balaban J connectivity index is 2.17. The van der Waals surface area contributed by atoms with Gasteiger partial charge in [0.05, 0.1) is 6.54 Å². The molecule has 0 saturated carbocycles. The predicted molar refractivity (Wildman–Crippen MR) is 86.1 cm³/mol. The van der Waals surface area contributed by atoms with Gasteiger partial charge in [0.1, 0.15) is 12.2 Å². The molecule has 0 radical (unpaired) electrons. The monoisotopic (exact) mass is 293 g/mol. The lowest BCUT2D eigenvalue weighted by molar-refractivity contribution is 0.0264. The molecule has 5 heteroatoms. The molecule has 1 saturated heterocycles. The molecule has 1 aliphatic rings. The van der Waals surface area contributed by atoms with Crippen molar-refractivity contribution in [2.75, 3.05) is 13.1 Å². The van der Waals surface area contributed by atoms with E-state index in [0.29, 0.717) is 12.1 Å². The molecule has 1 aliphatic heterocycles. The van der Waals surface area contributed by atoms with Crippen LogP contribution < -0.4 is 5.32 Å². The molecule has 120 valence electrons. The smallest absolute Gasteiger partial charge is 0.141 e. The van der Waals surface area contributed by atoms with E-state index >= 15 is 0 Å². The van der Waals surface area contributed by atoms with Crippen molar-refractivity contribution in [3.63, 3.8) is 0 Å². The van der Waals surface area contributed by atoms with Gasteiger partial charge in [-0.15, -0.1) is 0 Å². The Hall–Kier alpha value is -0.940. The van der Waals surface area contributed by atoms with E-state index in [1.165, 1.54) is 0 Å². The van der Waals surface area contributed by atoms with E-state index in [9.17, 15) is 0 Å². The number of aromatic nitrogens is 3. The summed E-state index contributed by atoms with van der Waals surface area (Å²) in [4.78, 5) is 7.02. The Kier molecular flexibility index (Phi) is 4.45. The van der Waals surface area contributed by atoms with Crippen molar-refractivity contribution < 1.29 is 0 Å². The Labute approximate surface area is 129 Å². The van der Waals surface area contributed by atoms with Gasteiger partial charge in [-0.3, -0.25) is 4.90 Å². The van der Waals surface area contributed by atoms with E-state index in [1.54, 1.807) is 6.33 Å². The summed E-state index contributed by atoms with van der Waals surface area (Å²) in [5.74, 6) is 1.06. The third-order valence-corrected chi connectivity index (χ3v) is 4.55. The van der Waals surface area contributed by atoms with Crippen LogP contribution in [0.25, 0.3) is 0 Å². The van der Waals surface area contributed by atoms with Crippen LogP contribution in [0, 0.1) is 5.41 Å². The Morgan fingerprint density at radius 2 is 2.05 bits per heavy atom. The molecule has 2 rings (SSSR count). The van der Waals surface area contributed by atoms with Crippen LogP contribution in [-0.4, -0.2) is 44.3 Å². The molecule has 1 N–H and O–H groups in total. The summed E-state index contributed by atoms with van der Waals surface area (Å²) in [6, 6.07) is 0.855. The molecular formula is C16H31N5. The second-order valence-electron chi connectivity index (χ2n) is 8.21. The van der Waals surface area contributed by atoms with E-state index in [-0.39, 0.29) is 11.0 Å². The number of hydrogen-bond donors (Lipinski definition) is 1. The minimum atomic E-state index is 0.134. The molecule has 1 atom stereocenters. The van der Waals surface area contributed by atoms with Gasteiger partial charge in [0, 0.05) is 30.7 Å². The van der Waals surface area contributed by atoms with Crippen molar-refractivity contribution in [3.05, 3.63) is 12.2 Å². The van der Waals surface area contributed by atoms with Crippen LogP contribution in [0.15, 0.2) is 6.33 Å². The second kappa shape index (κ2) is 5.69. The van der Waals surface area contributed by atoms with Crippen LogP contribution in [-0.2, 0) is 6.54 Å². The number of piperazine rings is 1. The van der Waals surface area contributed by atoms with Crippen LogP contribution in [0.3, 0.4) is 0 Å². The topological polar surface area (TPSA) is 46.0 Å². The molecule has 1 unspecified atom stereocenters. The first-order chi connectivity index (χ1) is 9.61. The highest BCUT2D eigenvalue weighted by Gasteiger charge is 2.38. The average molecular weight is 293 g/mol. The molecule has 0 amide bonds. The van der Waals surface area contributed by atoms with Crippen molar-refractivity contribution in [2.24, 2.45) is 5.41 Å². The number of hydrogen-bond acceptors (Lipinski definition) is 4. The van der Waals surface area contributed by atoms with Crippen molar-refractivity contribution in [1.29, 1.82) is 0 Å². The molecule has 1 aromatic rings. The zero-order chi connectivity index (χ0) is 15.8. The third-order valence-electron chi connectivity index (χ3n) is 4.55. The Morgan fingerprint density at radius 3 is 2.62 bits per heavy atom. The van der Waals surface area contributed by atoms with Crippen LogP contribution >= 0.6 is 0 Å². The zero-order valence-corrected chi connectivity index (χ0v) is 14.6. The van der Waals surface area contributed by atoms with Crippen molar-refractivity contribution >= 4 is 0 Å². The first-order valence-electron chi connectivity index (χ1n) is 7.98. The summed E-state index contributed by atoms with van der Waals surface area (Å²) in [6.45, 7) is 18.7. The van der Waals surface area contributed by atoms with E-state index in [2.05, 4.69) is 68.8 Å². The van der Waals surface area contributed by atoms with Crippen molar-refractivity contribution in [3.8, 4) is 0 Å². The number of rotatable bonds is 3. The Bertz CT molecular complexity index is 469. The Morgan fingerprint density at radius 1 is 1.38 bits per heavy atom. The summed E-state index contributed by atoms with van der Waals surface area (Å²) >= 11 is 0. The highest BCUT2D eigenvalue weighted by atomic mass is 15.4. The van der Waals surface area contributed by atoms with E-state index in [1.807, 2.05) is 4.68 Å². The van der Waals surface area contributed by atoms with Gasteiger partial charge in [-0.2, -0.15) is 5.10 Å². The van der Waals surface area contributed by atoms with Gasteiger partial charge >= 0.3 is 0 Å². The van der Waals surface area contributed by atoms with Crippen LogP contribution in [0.5, 0.6) is 0 Å². The molecule has 1 fully saturated rings. The molecule has 0 bridgehead atoms. The first kappa shape index (κ1) is 16.4. The fourth-order valence-corrected chi connectivity index (χ4v) is 2.86. The molecule has 21 heavy (non-hydrogen) atoms. The van der Waals surface area contributed by atoms with Gasteiger partial charge in [-0.25, -0.2) is 9.67 Å². The lowest BCUT2D eigenvalue weighted by Gasteiger charge is -2.49. The fraction of sp³-hybridized carbons (Fsp3) is 0.875. The van der Waals surface area contributed by atoms with Gasteiger partial charge < -0.3 is 5.32 Å². The largest absolute Gasteiger partial charge is 0.310 e. The standard InChI is InChI=1S/C16H31N5/c1-12(2)21-14(18-11-19-21)9-20-8-13(15(3,4)5)17-10-16(20,6)7/h11-13,17H,8-10H2,1-7H3. The molecule has 0 aromatic carbocycles. The van der Waals surface area contributed by atoms with Crippen LogP contribution in [0.1, 0.15) is 60.3 Å². The summed E-state index contributed by atoms with van der Waals surface area (Å²) in [5.41, 5.74) is 0.399. The lowest BCUT2D eigenvalue weighted by Crippen LogP contribution is -2.64. The SMILES string of the molecule is CC(C)n1ncnc1CN1CC(C(C)(C)C)NCC1(C)C. The maximum atomic E-state index is 4.47. The van der Waals surface area contributed by atoms with E-state index in [0.717, 1.165) is 25.5 Å². The average Bonchev–Trinajstić information content (AvgIpc) is 2.78. The number of nitrogens with one attached hydrogen (secondary N) is 1. The molecule has 5 nitrogen and oxygen atoms in total. The minimum Gasteiger partial charge on any atom is -0.310 e. The van der Waals surface area contributed by atoms with Crippen LogP contribution in [0.2, 0.25) is 0 Å². The summed E-state index contributed by atoms with van der Waals surface area (Å²) in [5, 5.41) is 8.07. The van der Waals surface area contributed by atoms with Crippen molar-refractivity contribution in [2.45, 2.75) is 72.6 Å². The second-order valence-corrected chi connectivity index (χ2v) is 8.21. The third kappa shape index (κ3) is 3.64. The molecular weight excluding hydrogens is 262 g/mol. The molecule has 0 aliphatic carbocycles. The fourth-order valence-electron chi connectivity index (χ4n) is 2.86. The van der Waals surface area contributed by atoms with Gasteiger partial charge in [0.25, 0.3) is 0 Å². The lowest BCUT2D eigenvalue weighted by atomic mass is 9.83. The molecule has 2 heterocycles. The summed E-state index contributed by atoms with van der Waals surface area (Å²) < 4.78 is 2.03. The summed E-state index contributed by atoms with van der Waals surface area (Å²) in [7, 11) is 0. The highest BCUT2D eigenvalue weighted by molar-refractivity contribution is 4.99. The molecule has 1 aromatic heterocycles. The van der Waals surface area contributed by atoms with Gasteiger partial charge in [-0.05, 0) is 33.1 Å². The number of nitrogens with zero attached hydrogens (tertiary/aromatic N) is 4. The maximum Gasteiger partial charge on any atom is 0.141 e. The van der Waals surface area contributed by atoms with E-state index < -0.39 is 0 Å². The maximum absolute atomic E-state index is 4.47. The molecule has 0 spiro atoms. The summed E-state index contributed by atoms with van der Waals surface area (Å²) in [6.07, 6.45) is 1.67. The highest BCUT2D eigenvalue weighted by Crippen LogP contribution is 2.28. The van der Waals surface area contributed by atoms with Crippen molar-refractivity contribution in [1.82, 2.24) is 25.0 Å². The normalized spacial score (nSPS) is 23.7. The van der Waals surface area contributed by atoms with Gasteiger partial charge in [0.2, 0.25) is 0 Å². The first-order valence-corrected chi connectivity index (χ1v) is 7.98. The predicted octanol–water partition coefficient (Wildman–Crippen LogP) is 2.46. The van der Waals surface area contributed by atoms with Gasteiger partial charge in [-0.1, -0.05) is 20.8 Å². The quantitative estimate of drug-likeness (QED) is 0.930. The van der Waals surface area contributed by atoms with Gasteiger partial charge in [0.15, 0.2) is 0 Å². The van der Waals surface area contributed by atoms with E-state index in [4.69, 9.17) is 0 Å². The minimum absolute atomic E-state index is 0.134. The van der Waals surface area contributed by atoms with Crippen LogP contribution in [0.4, 0.5) is 0 Å².